The molecule has 1 aliphatic heterocycles. The Balaban J connectivity index is 2.11. The SMILES string of the molecule is CC(C)[Si](C#Cc1c(F)ccc2cc3c(cnn3S(=O)(=O)C(F)(F)F)c(B3OCC(C)(C)CO3)c12)(C(C)C)C(C)C. The van der Waals surface area contributed by atoms with E-state index in [1.54, 1.807) is 0 Å². The lowest BCUT2D eigenvalue weighted by atomic mass is 9.71. The number of benzene rings is 2. The van der Waals surface area contributed by atoms with Crippen LogP contribution in [0, 0.1) is 22.7 Å². The van der Waals surface area contributed by atoms with Gasteiger partial charge >= 0.3 is 22.7 Å². The quantitative estimate of drug-likeness (QED) is 0.191. The molecule has 2 aromatic carbocycles. The maximum absolute atomic E-state index is 15.7. The van der Waals surface area contributed by atoms with E-state index in [9.17, 15) is 21.6 Å². The second kappa shape index (κ2) is 10.7. The van der Waals surface area contributed by atoms with Crippen LogP contribution in [0.25, 0.3) is 21.7 Å². The summed E-state index contributed by atoms with van der Waals surface area (Å²) in [5.74, 6) is 2.56. The standard InChI is InChI=1S/C28H35BF4N2O4SSi/c1-17(2)41(18(3)4,19(5)6)12-11-21-23(30)10-9-20-13-24-22(14-34-35(24)40(36,37)28(31,32)33)26(25(20)21)29-38-15-27(7,8)16-39-29/h9-10,13-14,17-19H,15-16H2,1-8H3. The lowest BCUT2D eigenvalue weighted by Gasteiger charge is -2.38. The highest BCUT2D eigenvalue weighted by atomic mass is 32.2. The molecule has 4 rings (SSSR count). The van der Waals surface area contributed by atoms with E-state index in [1.165, 1.54) is 18.2 Å². The first-order valence-electron chi connectivity index (χ1n) is 13.6. The molecule has 0 amide bonds. The van der Waals surface area contributed by atoms with E-state index >= 15 is 4.39 Å². The third-order valence-electron chi connectivity index (χ3n) is 8.09. The average Bonchev–Trinajstić information content (AvgIpc) is 3.27. The molecule has 0 unspecified atom stereocenters. The second-order valence-corrected chi connectivity index (χ2v) is 19.8. The molecular formula is C28H35BF4N2O4SSi. The fourth-order valence-corrected chi connectivity index (χ4v) is 12.1. The zero-order chi connectivity index (χ0) is 30.7. The highest BCUT2D eigenvalue weighted by Crippen LogP contribution is 2.41. The Morgan fingerprint density at radius 3 is 2.12 bits per heavy atom. The van der Waals surface area contributed by atoms with Crippen LogP contribution in [0.2, 0.25) is 16.6 Å². The number of hydrogen-bond acceptors (Lipinski definition) is 5. The summed E-state index contributed by atoms with van der Waals surface area (Å²) < 4.78 is 93.1. The van der Waals surface area contributed by atoms with Crippen molar-refractivity contribution in [3.63, 3.8) is 0 Å². The zero-order valence-corrected chi connectivity index (χ0v) is 26.3. The van der Waals surface area contributed by atoms with Gasteiger partial charge in [0.15, 0.2) is 0 Å². The summed E-state index contributed by atoms with van der Waals surface area (Å²) in [6.45, 7) is 17.2. The van der Waals surface area contributed by atoms with Gasteiger partial charge in [0.2, 0.25) is 0 Å². The Morgan fingerprint density at radius 1 is 1.05 bits per heavy atom. The molecular weight excluding hydrogens is 575 g/mol. The molecule has 222 valence electrons. The lowest BCUT2D eigenvalue weighted by Crippen LogP contribution is -2.48. The van der Waals surface area contributed by atoms with Gasteiger partial charge in [0.05, 0.1) is 17.3 Å². The fourth-order valence-electron chi connectivity index (χ4n) is 6.09. The minimum Gasteiger partial charge on any atom is -0.407 e. The van der Waals surface area contributed by atoms with Crippen LogP contribution in [-0.2, 0) is 19.3 Å². The summed E-state index contributed by atoms with van der Waals surface area (Å²) in [6, 6.07) is 3.84. The van der Waals surface area contributed by atoms with Gasteiger partial charge < -0.3 is 9.31 Å². The molecule has 0 saturated carbocycles. The van der Waals surface area contributed by atoms with Crippen molar-refractivity contribution in [3.8, 4) is 11.5 Å². The maximum atomic E-state index is 15.7. The lowest BCUT2D eigenvalue weighted by molar-refractivity contribution is -0.0448. The van der Waals surface area contributed by atoms with Crippen molar-refractivity contribution in [2.24, 2.45) is 5.41 Å². The number of nitrogens with zero attached hydrogens (tertiary/aromatic N) is 2. The third kappa shape index (κ3) is 5.33. The summed E-state index contributed by atoms with van der Waals surface area (Å²) in [5.41, 5.74) is -1.62. The van der Waals surface area contributed by atoms with Gasteiger partial charge in [-0.25, -0.2) is 4.39 Å². The maximum Gasteiger partial charge on any atom is 0.518 e. The van der Waals surface area contributed by atoms with Gasteiger partial charge in [-0.05, 0) is 34.1 Å². The summed E-state index contributed by atoms with van der Waals surface area (Å²) >= 11 is 0. The Hall–Kier alpha value is -2.40. The number of rotatable bonds is 5. The minimum atomic E-state index is -5.84. The van der Waals surface area contributed by atoms with Crippen LogP contribution in [0.1, 0.15) is 61.0 Å². The number of halogens is 4. The Morgan fingerprint density at radius 2 is 1.61 bits per heavy atom. The van der Waals surface area contributed by atoms with Crippen molar-refractivity contribution in [1.29, 1.82) is 0 Å². The van der Waals surface area contributed by atoms with E-state index in [-0.39, 0.29) is 61.3 Å². The molecule has 3 aromatic rings. The van der Waals surface area contributed by atoms with Crippen LogP contribution < -0.4 is 5.46 Å². The number of alkyl halides is 3. The van der Waals surface area contributed by atoms with Crippen molar-refractivity contribution < 1.29 is 35.3 Å². The molecule has 0 bridgehead atoms. The van der Waals surface area contributed by atoms with Crippen molar-refractivity contribution in [2.75, 3.05) is 13.2 Å². The first-order chi connectivity index (χ1) is 18.8. The van der Waals surface area contributed by atoms with Crippen LogP contribution in [0.3, 0.4) is 0 Å². The second-order valence-electron chi connectivity index (χ2n) is 12.4. The number of hydrogen-bond donors (Lipinski definition) is 0. The van der Waals surface area contributed by atoms with Gasteiger partial charge in [0.1, 0.15) is 13.9 Å². The highest BCUT2D eigenvalue weighted by molar-refractivity contribution is 7.90. The molecule has 1 aliphatic rings. The molecule has 0 atom stereocenters. The van der Waals surface area contributed by atoms with Gasteiger partial charge in [-0.15, -0.1) is 9.63 Å². The third-order valence-corrected chi connectivity index (χ3v) is 15.7. The molecule has 1 fully saturated rings. The summed E-state index contributed by atoms with van der Waals surface area (Å²) in [5, 5.41) is 4.26. The first kappa shape index (κ1) is 31.5. The van der Waals surface area contributed by atoms with E-state index in [4.69, 9.17) is 9.31 Å². The van der Waals surface area contributed by atoms with Crippen LogP contribution in [0.15, 0.2) is 24.4 Å². The van der Waals surface area contributed by atoms with E-state index in [2.05, 4.69) is 58.1 Å². The molecule has 6 nitrogen and oxygen atoms in total. The topological polar surface area (TPSA) is 70.4 Å². The molecule has 41 heavy (non-hydrogen) atoms. The molecule has 2 heterocycles. The minimum absolute atomic E-state index is 0.0407. The van der Waals surface area contributed by atoms with Crippen LogP contribution >= 0.6 is 0 Å². The molecule has 0 aliphatic carbocycles. The first-order valence-corrected chi connectivity index (χ1v) is 17.2. The predicted octanol–water partition coefficient (Wildman–Crippen LogP) is 6.36. The molecule has 0 spiro atoms. The van der Waals surface area contributed by atoms with Crippen molar-refractivity contribution in [1.82, 2.24) is 9.19 Å². The largest absolute Gasteiger partial charge is 0.518 e. The number of aromatic nitrogens is 2. The summed E-state index contributed by atoms with van der Waals surface area (Å²) in [4.78, 5) is 0. The van der Waals surface area contributed by atoms with Gasteiger partial charge in [0.25, 0.3) is 0 Å². The molecule has 0 radical (unpaired) electrons. The average molecular weight is 611 g/mol. The van der Waals surface area contributed by atoms with Crippen LogP contribution in [0.5, 0.6) is 0 Å². The Labute approximate surface area is 240 Å². The Kier molecular flexibility index (Phi) is 8.23. The molecule has 1 saturated heterocycles. The van der Waals surface area contributed by atoms with Crippen LogP contribution in [-0.4, -0.2) is 51.5 Å². The molecule has 13 heteroatoms. The van der Waals surface area contributed by atoms with E-state index in [0.717, 1.165) is 6.20 Å². The van der Waals surface area contributed by atoms with E-state index in [1.807, 2.05) is 13.8 Å². The molecule has 1 aromatic heterocycles. The smallest absolute Gasteiger partial charge is 0.407 e. The fraction of sp³-hybridized carbons (Fsp3) is 0.536. The summed E-state index contributed by atoms with van der Waals surface area (Å²) in [7, 11) is -9.25. The monoisotopic (exact) mass is 610 g/mol. The normalized spacial score (nSPS) is 16.7. The predicted molar refractivity (Wildman–Crippen MR) is 157 cm³/mol. The van der Waals surface area contributed by atoms with Crippen molar-refractivity contribution in [2.45, 2.75) is 77.5 Å². The van der Waals surface area contributed by atoms with E-state index in [0.29, 0.717) is 10.8 Å². The molecule has 0 N–H and O–H groups in total. The number of fused-ring (bicyclic) bond motifs is 2. The van der Waals surface area contributed by atoms with Gasteiger partial charge in [0, 0.05) is 34.9 Å². The van der Waals surface area contributed by atoms with Gasteiger partial charge in [-0.1, -0.05) is 67.4 Å². The zero-order valence-electron chi connectivity index (χ0n) is 24.5. The Bertz CT molecular complexity index is 1620. The highest BCUT2D eigenvalue weighted by Gasteiger charge is 2.49. The van der Waals surface area contributed by atoms with Gasteiger partial charge in [-0.3, -0.25) is 0 Å². The van der Waals surface area contributed by atoms with Gasteiger partial charge in [-0.2, -0.15) is 26.7 Å². The van der Waals surface area contributed by atoms with Crippen LogP contribution in [0.4, 0.5) is 17.6 Å². The summed E-state index contributed by atoms with van der Waals surface area (Å²) in [6.07, 6.45) is 1.03. The van der Waals surface area contributed by atoms with Crippen molar-refractivity contribution in [3.05, 3.63) is 35.8 Å². The van der Waals surface area contributed by atoms with E-state index < -0.39 is 36.5 Å². The van der Waals surface area contributed by atoms with Crippen molar-refractivity contribution >= 4 is 52.4 Å².